The number of nitriles is 1. The molecule has 0 atom stereocenters. The summed E-state index contributed by atoms with van der Waals surface area (Å²) in [6.45, 7) is 9.32. The highest BCUT2D eigenvalue weighted by Crippen LogP contribution is 2.29. The van der Waals surface area contributed by atoms with Crippen molar-refractivity contribution in [1.29, 1.82) is 5.26 Å². The van der Waals surface area contributed by atoms with Gasteiger partial charge in [-0.25, -0.2) is 0 Å². The average Bonchev–Trinajstić information content (AvgIpc) is 2.54. The van der Waals surface area contributed by atoms with Crippen LogP contribution in [0.25, 0.3) is 0 Å². The Morgan fingerprint density at radius 2 is 2.00 bits per heavy atom. The van der Waals surface area contributed by atoms with Crippen LogP contribution in [0, 0.1) is 21.4 Å². The van der Waals surface area contributed by atoms with Crippen molar-refractivity contribution in [2.75, 3.05) is 45.1 Å². The Kier molecular flexibility index (Phi) is 5.75. The van der Waals surface area contributed by atoms with Gasteiger partial charge in [0.2, 0.25) is 0 Å². The van der Waals surface area contributed by atoms with Crippen LogP contribution >= 0.6 is 0 Å². The minimum atomic E-state index is -0.445. The second-order valence-corrected chi connectivity index (χ2v) is 7.00. The number of nitrogens with one attached hydrogen (secondary N) is 1. The monoisotopic (exact) mass is 331 g/mol. The van der Waals surface area contributed by atoms with Crippen molar-refractivity contribution in [3.05, 3.63) is 33.9 Å². The maximum atomic E-state index is 11.3. The molecule has 1 saturated heterocycles. The zero-order valence-electron chi connectivity index (χ0n) is 14.6. The van der Waals surface area contributed by atoms with E-state index in [1.807, 2.05) is 19.9 Å². The highest BCUT2D eigenvalue weighted by Gasteiger charge is 2.24. The van der Waals surface area contributed by atoms with Gasteiger partial charge in [0.15, 0.2) is 0 Å². The van der Waals surface area contributed by atoms with Crippen LogP contribution in [0.2, 0.25) is 0 Å². The lowest BCUT2D eigenvalue weighted by atomic mass is 9.99. The maximum Gasteiger partial charge on any atom is 0.293 e. The highest BCUT2D eigenvalue weighted by atomic mass is 16.6. The fraction of sp³-hybridized carbons (Fsp3) is 0.588. The van der Waals surface area contributed by atoms with Gasteiger partial charge in [-0.3, -0.25) is 10.1 Å². The fourth-order valence-corrected chi connectivity index (χ4v) is 2.79. The molecule has 0 amide bonds. The number of nitro benzene ring substituents is 1. The Morgan fingerprint density at radius 3 is 2.58 bits per heavy atom. The first-order valence-electron chi connectivity index (χ1n) is 8.18. The molecule has 1 N–H and O–H groups in total. The Labute approximate surface area is 143 Å². The summed E-state index contributed by atoms with van der Waals surface area (Å²) in [5.74, 6) is 0. The molecule has 0 aliphatic carbocycles. The molecule has 7 nitrogen and oxygen atoms in total. The Morgan fingerprint density at radius 1 is 1.33 bits per heavy atom. The molecule has 0 unspecified atom stereocenters. The summed E-state index contributed by atoms with van der Waals surface area (Å²) in [5, 5.41) is 23.4. The van der Waals surface area contributed by atoms with Crippen LogP contribution in [-0.4, -0.2) is 60.0 Å². The second kappa shape index (κ2) is 7.60. The first-order chi connectivity index (χ1) is 11.3. The average molecular weight is 331 g/mol. The third-order valence-electron chi connectivity index (χ3n) is 4.45. The van der Waals surface area contributed by atoms with Crippen LogP contribution < -0.4 is 5.32 Å². The van der Waals surface area contributed by atoms with Crippen LogP contribution in [0.15, 0.2) is 18.2 Å². The molecular formula is C17H25N5O2. The third kappa shape index (κ3) is 4.91. The smallest absolute Gasteiger partial charge is 0.293 e. The predicted molar refractivity (Wildman–Crippen MR) is 94.1 cm³/mol. The lowest BCUT2D eigenvalue weighted by molar-refractivity contribution is -0.384. The second-order valence-electron chi connectivity index (χ2n) is 7.00. The van der Waals surface area contributed by atoms with Gasteiger partial charge in [-0.1, -0.05) is 0 Å². The Balaban J connectivity index is 2.00. The van der Waals surface area contributed by atoms with Crippen LogP contribution in [0.3, 0.4) is 0 Å². The molecule has 1 aliphatic rings. The van der Waals surface area contributed by atoms with Gasteiger partial charge >= 0.3 is 0 Å². The van der Waals surface area contributed by atoms with Gasteiger partial charge < -0.3 is 15.1 Å². The molecule has 0 radical (unpaired) electrons. The number of piperazine rings is 1. The van der Waals surface area contributed by atoms with Crippen LogP contribution in [-0.2, 0) is 0 Å². The minimum absolute atomic E-state index is 0.0540. The summed E-state index contributed by atoms with van der Waals surface area (Å²) in [5.41, 5.74) is 0.425. The SMILES string of the molecule is CN1CCN(CCC(C)(C)Nc2ccc(C#N)cc2[N+](=O)[O-])CC1. The van der Waals surface area contributed by atoms with Crippen molar-refractivity contribution >= 4 is 11.4 Å². The highest BCUT2D eigenvalue weighted by molar-refractivity contribution is 5.65. The summed E-state index contributed by atoms with van der Waals surface area (Å²) < 4.78 is 0. The maximum absolute atomic E-state index is 11.3. The molecule has 0 spiro atoms. The van der Waals surface area contributed by atoms with E-state index in [2.05, 4.69) is 22.2 Å². The van der Waals surface area contributed by atoms with Crippen LogP contribution in [0.5, 0.6) is 0 Å². The van der Waals surface area contributed by atoms with E-state index in [1.54, 1.807) is 12.1 Å². The molecule has 1 aromatic rings. The van der Waals surface area contributed by atoms with Crippen molar-refractivity contribution in [3.63, 3.8) is 0 Å². The molecular weight excluding hydrogens is 306 g/mol. The summed E-state index contributed by atoms with van der Waals surface area (Å²) in [6, 6.07) is 6.48. The first-order valence-corrected chi connectivity index (χ1v) is 8.18. The summed E-state index contributed by atoms with van der Waals surface area (Å²) in [6.07, 6.45) is 0.883. The fourth-order valence-electron chi connectivity index (χ4n) is 2.79. The molecule has 0 saturated carbocycles. The van der Waals surface area contributed by atoms with Gasteiger partial charge in [0.05, 0.1) is 16.6 Å². The number of anilines is 1. The summed E-state index contributed by atoms with van der Waals surface area (Å²) >= 11 is 0. The molecule has 0 bridgehead atoms. The van der Waals surface area contributed by atoms with Gasteiger partial charge in [0, 0.05) is 44.3 Å². The Hall–Kier alpha value is -2.17. The van der Waals surface area contributed by atoms with E-state index in [1.165, 1.54) is 6.07 Å². The van der Waals surface area contributed by atoms with E-state index < -0.39 is 4.92 Å². The predicted octanol–water partition coefficient (Wildman–Crippen LogP) is 2.29. The van der Waals surface area contributed by atoms with E-state index in [4.69, 9.17) is 5.26 Å². The lowest BCUT2D eigenvalue weighted by Gasteiger charge is -2.35. The topological polar surface area (TPSA) is 85.4 Å². The molecule has 24 heavy (non-hydrogen) atoms. The van der Waals surface area contributed by atoms with Gasteiger partial charge in [0.1, 0.15) is 5.69 Å². The Bertz CT molecular complexity index is 630. The lowest BCUT2D eigenvalue weighted by Crippen LogP contribution is -2.46. The number of nitro groups is 1. The molecule has 0 aromatic heterocycles. The molecule has 1 aromatic carbocycles. The number of rotatable bonds is 6. The molecule has 130 valence electrons. The zero-order chi connectivity index (χ0) is 17.7. The normalized spacial score (nSPS) is 16.6. The van der Waals surface area contributed by atoms with E-state index in [-0.39, 0.29) is 11.2 Å². The number of benzene rings is 1. The van der Waals surface area contributed by atoms with Gasteiger partial charge in [-0.05, 0) is 39.4 Å². The van der Waals surface area contributed by atoms with E-state index in [9.17, 15) is 10.1 Å². The van der Waals surface area contributed by atoms with E-state index in [0.29, 0.717) is 11.3 Å². The number of hydrogen-bond donors (Lipinski definition) is 1. The van der Waals surface area contributed by atoms with Gasteiger partial charge in [-0.15, -0.1) is 0 Å². The molecule has 7 heteroatoms. The summed E-state index contributed by atoms with van der Waals surface area (Å²) in [7, 11) is 2.13. The molecule has 1 heterocycles. The minimum Gasteiger partial charge on any atom is -0.375 e. The van der Waals surface area contributed by atoms with Crippen molar-refractivity contribution < 1.29 is 4.92 Å². The van der Waals surface area contributed by atoms with Crippen LogP contribution in [0.4, 0.5) is 11.4 Å². The van der Waals surface area contributed by atoms with Gasteiger partial charge in [-0.2, -0.15) is 5.26 Å². The summed E-state index contributed by atoms with van der Waals surface area (Å²) in [4.78, 5) is 15.6. The quantitative estimate of drug-likeness (QED) is 0.636. The first kappa shape index (κ1) is 18.2. The van der Waals surface area contributed by atoms with Crippen molar-refractivity contribution in [2.24, 2.45) is 0 Å². The van der Waals surface area contributed by atoms with Crippen molar-refractivity contribution in [1.82, 2.24) is 9.80 Å². The van der Waals surface area contributed by atoms with Crippen molar-refractivity contribution in [2.45, 2.75) is 25.8 Å². The standard InChI is InChI=1S/C17H25N5O2/c1-17(2,6-7-21-10-8-20(3)9-11-21)19-15-5-4-14(13-18)12-16(15)22(23)24/h4-5,12,19H,6-11H2,1-3H3. The van der Waals surface area contributed by atoms with Crippen molar-refractivity contribution in [3.8, 4) is 6.07 Å². The third-order valence-corrected chi connectivity index (χ3v) is 4.45. The van der Waals surface area contributed by atoms with E-state index in [0.717, 1.165) is 39.1 Å². The van der Waals surface area contributed by atoms with Gasteiger partial charge in [0.25, 0.3) is 5.69 Å². The largest absolute Gasteiger partial charge is 0.375 e. The molecule has 2 rings (SSSR count). The number of likely N-dealkylation sites (N-methyl/N-ethyl adjacent to an activating group) is 1. The number of nitrogens with zero attached hydrogens (tertiary/aromatic N) is 4. The molecule has 1 aliphatic heterocycles. The van der Waals surface area contributed by atoms with E-state index >= 15 is 0 Å². The number of hydrogen-bond acceptors (Lipinski definition) is 6. The molecule has 1 fully saturated rings. The zero-order valence-corrected chi connectivity index (χ0v) is 14.6. The van der Waals surface area contributed by atoms with Crippen LogP contribution in [0.1, 0.15) is 25.8 Å².